The van der Waals surface area contributed by atoms with E-state index in [4.69, 9.17) is 9.47 Å². The van der Waals surface area contributed by atoms with E-state index >= 15 is 0 Å². The molecule has 7 heteroatoms. The van der Waals surface area contributed by atoms with Gasteiger partial charge < -0.3 is 19.5 Å². The van der Waals surface area contributed by atoms with Gasteiger partial charge in [0.15, 0.2) is 11.5 Å². The number of aliphatic hydroxyl groups excluding tert-OH is 1. The van der Waals surface area contributed by atoms with Gasteiger partial charge in [-0.1, -0.05) is 42.5 Å². The minimum atomic E-state index is -0.0870. The van der Waals surface area contributed by atoms with Gasteiger partial charge in [0.25, 0.3) is 0 Å². The zero-order valence-corrected chi connectivity index (χ0v) is 18.3. The number of carbonyl (C=O) groups excluding carboxylic acids is 1. The van der Waals surface area contributed by atoms with E-state index in [9.17, 15) is 9.90 Å². The summed E-state index contributed by atoms with van der Waals surface area (Å²) in [6, 6.07) is 15.9. The Bertz CT molecular complexity index is 1020. The second-order valence-electron chi connectivity index (χ2n) is 7.54. The first kappa shape index (κ1) is 21.3. The van der Waals surface area contributed by atoms with E-state index in [1.165, 1.54) is 11.3 Å². The van der Waals surface area contributed by atoms with Gasteiger partial charge in [0.2, 0.25) is 5.91 Å². The van der Waals surface area contributed by atoms with Crippen molar-refractivity contribution in [2.45, 2.75) is 45.1 Å². The molecule has 1 aliphatic carbocycles. The molecule has 1 amide bonds. The van der Waals surface area contributed by atoms with Gasteiger partial charge in [-0.25, -0.2) is 4.98 Å². The number of methoxy groups -OCH3 is 1. The average molecular weight is 439 g/mol. The van der Waals surface area contributed by atoms with E-state index in [-0.39, 0.29) is 25.2 Å². The molecule has 1 fully saturated rings. The Morgan fingerprint density at radius 1 is 1.19 bits per heavy atom. The van der Waals surface area contributed by atoms with Gasteiger partial charge in [0, 0.05) is 23.5 Å². The van der Waals surface area contributed by atoms with Crippen LogP contribution in [-0.2, 0) is 31.0 Å². The molecule has 0 radical (unpaired) electrons. The summed E-state index contributed by atoms with van der Waals surface area (Å²) < 4.78 is 11.6. The fourth-order valence-electron chi connectivity index (χ4n) is 3.49. The molecule has 0 unspecified atom stereocenters. The fourth-order valence-corrected chi connectivity index (χ4v) is 4.19. The van der Waals surface area contributed by atoms with Crippen LogP contribution in [-0.4, -0.2) is 34.0 Å². The molecule has 1 N–H and O–H groups in total. The molecule has 1 aromatic heterocycles. The molecule has 1 saturated carbocycles. The fraction of sp³-hybridized carbons (Fsp3) is 0.333. The maximum atomic E-state index is 13.1. The molecule has 1 heterocycles. The molecule has 0 saturated heterocycles. The number of nitrogens with zero attached hydrogens (tertiary/aromatic N) is 2. The first-order chi connectivity index (χ1) is 15.2. The van der Waals surface area contributed by atoms with E-state index in [0.29, 0.717) is 30.2 Å². The molecule has 1 aliphatic rings. The van der Waals surface area contributed by atoms with Crippen LogP contribution in [0.2, 0.25) is 0 Å². The molecule has 2 aromatic carbocycles. The molecule has 3 aromatic rings. The molecule has 0 aliphatic heterocycles. The highest BCUT2D eigenvalue weighted by Crippen LogP contribution is 2.36. The average Bonchev–Trinajstić information content (AvgIpc) is 3.53. The predicted octanol–water partition coefficient (Wildman–Crippen LogP) is 3.96. The molecule has 0 atom stereocenters. The Balaban J connectivity index is 1.52. The van der Waals surface area contributed by atoms with Crippen LogP contribution in [0.5, 0.6) is 11.5 Å². The number of hydrogen-bond acceptors (Lipinski definition) is 6. The molecular formula is C24H26N2O4S. The number of thiazole rings is 1. The maximum absolute atomic E-state index is 13.1. The number of aliphatic hydroxyl groups is 1. The van der Waals surface area contributed by atoms with Crippen molar-refractivity contribution in [2.75, 3.05) is 7.11 Å². The summed E-state index contributed by atoms with van der Waals surface area (Å²) in [4.78, 5) is 19.4. The van der Waals surface area contributed by atoms with E-state index in [2.05, 4.69) is 4.98 Å². The molecule has 4 rings (SSSR count). The van der Waals surface area contributed by atoms with E-state index < -0.39 is 0 Å². The Hall–Kier alpha value is -2.90. The van der Waals surface area contributed by atoms with Crippen molar-refractivity contribution < 1.29 is 19.4 Å². The van der Waals surface area contributed by atoms with E-state index in [0.717, 1.165) is 29.0 Å². The summed E-state index contributed by atoms with van der Waals surface area (Å²) in [5.41, 5.74) is 2.56. The number of amides is 1. The first-order valence-electron chi connectivity index (χ1n) is 10.3. The minimum Gasteiger partial charge on any atom is -0.493 e. The third-order valence-electron chi connectivity index (χ3n) is 5.23. The normalized spacial score (nSPS) is 13.1. The van der Waals surface area contributed by atoms with Gasteiger partial charge in [-0.15, -0.1) is 11.3 Å². The van der Waals surface area contributed by atoms with Gasteiger partial charge >= 0.3 is 0 Å². The predicted molar refractivity (Wildman–Crippen MR) is 119 cm³/mol. The third-order valence-corrected chi connectivity index (χ3v) is 6.10. The van der Waals surface area contributed by atoms with Gasteiger partial charge in [0.05, 0.1) is 25.8 Å². The lowest BCUT2D eigenvalue weighted by molar-refractivity contribution is -0.131. The Morgan fingerprint density at radius 3 is 2.68 bits per heavy atom. The maximum Gasteiger partial charge on any atom is 0.227 e. The molecule has 6 nitrogen and oxygen atoms in total. The highest BCUT2D eigenvalue weighted by atomic mass is 32.1. The van der Waals surface area contributed by atoms with Crippen LogP contribution < -0.4 is 9.47 Å². The summed E-state index contributed by atoms with van der Waals surface area (Å²) in [5.74, 6) is 1.38. The van der Waals surface area contributed by atoms with Crippen LogP contribution >= 0.6 is 11.3 Å². The van der Waals surface area contributed by atoms with Crippen molar-refractivity contribution in [1.29, 1.82) is 0 Å². The van der Waals surface area contributed by atoms with Crippen molar-refractivity contribution in [3.8, 4) is 11.5 Å². The van der Waals surface area contributed by atoms with Gasteiger partial charge in [-0.3, -0.25) is 4.79 Å². The molecule has 0 spiro atoms. The van der Waals surface area contributed by atoms with E-state index in [1.807, 2.05) is 58.8 Å². The number of para-hydroxylation sites is 1. The smallest absolute Gasteiger partial charge is 0.227 e. The third kappa shape index (κ3) is 5.42. The Morgan fingerprint density at radius 2 is 2.00 bits per heavy atom. The number of aromatic nitrogens is 1. The van der Waals surface area contributed by atoms with Crippen molar-refractivity contribution in [3.05, 3.63) is 75.7 Å². The van der Waals surface area contributed by atoms with E-state index in [1.54, 1.807) is 7.11 Å². The number of rotatable bonds is 10. The summed E-state index contributed by atoms with van der Waals surface area (Å²) in [6.45, 7) is 0.665. The van der Waals surface area contributed by atoms with Gasteiger partial charge in [0.1, 0.15) is 11.6 Å². The topological polar surface area (TPSA) is 71.9 Å². The number of hydrogen-bond donors (Lipinski definition) is 1. The summed E-state index contributed by atoms with van der Waals surface area (Å²) in [5, 5.41) is 11.8. The first-order valence-corrected chi connectivity index (χ1v) is 11.2. The number of benzene rings is 2. The largest absolute Gasteiger partial charge is 0.493 e. The van der Waals surface area contributed by atoms with Crippen LogP contribution in [0, 0.1) is 0 Å². The summed E-state index contributed by atoms with van der Waals surface area (Å²) >= 11 is 1.45. The highest BCUT2D eigenvalue weighted by molar-refractivity contribution is 7.09. The molecule has 162 valence electrons. The lowest BCUT2D eigenvalue weighted by atomic mass is 10.1. The van der Waals surface area contributed by atoms with Gasteiger partial charge in [-0.2, -0.15) is 0 Å². The minimum absolute atomic E-state index is 0.0870. The SMILES string of the molecule is COc1cccc(CN(C(=O)Cc2ccccc2)C2CC2)c1OCc1nc(CO)cs1. The van der Waals surface area contributed by atoms with Crippen molar-refractivity contribution in [2.24, 2.45) is 0 Å². The van der Waals surface area contributed by atoms with Crippen LogP contribution in [0.1, 0.15) is 34.7 Å². The zero-order valence-electron chi connectivity index (χ0n) is 17.5. The summed E-state index contributed by atoms with van der Waals surface area (Å²) in [6.07, 6.45) is 2.45. The van der Waals surface area contributed by atoms with Crippen LogP contribution in [0.4, 0.5) is 0 Å². The highest BCUT2D eigenvalue weighted by Gasteiger charge is 2.33. The molecule has 0 bridgehead atoms. The van der Waals surface area contributed by atoms with Gasteiger partial charge in [-0.05, 0) is 24.5 Å². The Labute approximate surface area is 186 Å². The lowest BCUT2D eigenvalue weighted by Crippen LogP contribution is -2.34. The van der Waals surface area contributed by atoms with Crippen molar-refractivity contribution in [3.63, 3.8) is 0 Å². The quantitative estimate of drug-likeness (QED) is 0.519. The molecular weight excluding hydrogens is 412 g/mol. The second kappa shape index (κ2) is 9.94. The van der Waals surface area contributed by atoms with Crippen molar-refractivity contribution >= 4 is 17.2 Å². The standard InChI is InChI=1S/C24H26N2O4S/c1-29-21-9-5-8-18(24(21)30-15-22-25-19(14-27)16-31-22)13-26(20-10-11-20)23(28)12-17-6-3-2-4-7-17/h2-9,16,20,27H,10-15H2,1H3. The molecule has 31 heavy (non-hydrogen) atoms. The summed E-state index contributed by atoms with van der Waals surface area (Å²) in [7, 11) is 1.61. The van der Waals surface area contributed by atoms with Crippen LogP contribution in [0.15, 0.2) is 53.9 Å². The van der Waals surface area contributed by atoms with Crippen molar-refractivity contribution in [1.82, 2.24) is 9.88 Å². The number of ether oxygens (including phenoxy) is 2. The lowest BCUT2D eigenvalue weighted by Gasteiger charge is -2.24. The van der Waals surface area contributed by atoms with Crippen LogP contribution in [0.3, 0.4) is 0 Å². The monoisotopic (exact) mass is 438 g/mol. The zero-order chi connectivity index (χ0) is 21.6. The second-order valence-corrected chi connectivity index (χ2v) is 8.49. The number of carbonyl (C=O) groups is 1. The van der Waals surface area contributed by atoms with Crippen LogP contribution in [0.25, 0.3) is 0 Å². The Kier molecular flexibility index (Phi) is 6.84.